The van der Waals surface area contributed by atoms with E-state index in [4.69, 9.17) is 0 Å². The summed E-state index contributed by atoms with van der Waals surface area (Å²) in [4.78, 5) is 0. The number of aliphatic hydroxyl groups excluding tert-OH is 1. The van der Waals surface area contributed by atoms with Crippen molar-refractivity contribution in [3.8, 4) is 0 Å². The molecule has 108 valence electrons. The molecular weight excluding hydrogens is 361 g/mol. The smallest absolute Gasteiger partial charge is 0.145 e. The van der Waals surface area contributed by atoms with Crippen molar-refractivity contribution in [2.75, 3.05) is 21.1 Å². The van der Waals surface area contributed by atoms with Crippen LogP contribution in [-0.2, 0) is 0 Å². The molecule has 2 atom stereocenters. The minimum Gasteiger partial charge on any atom is -1.00 e. The van der Waals surface area contributed by atoms with Gasteiger partial charge in [0.25, 0.3) is 0 Å². The van der Waals surface area contributed by atoms with Crippen LogP contribution in [0.15, 0.2) is 60.7 Å². The molecule has 0 amide bonds. The third kappa shape index (κ3) is 4.04. The van der Waals surface area contributed by atoms with Gasteiger partial charge in [-0.05, 0) is 5.56 Å². The number of quaternary nitrogens is 1. The standard InChI is InChI=1S/C17H22NO.HI/c1-18(2,3)16(14-10-6-4-7-11-14)17(19)15-12-8-5-9-13-15;/h4-13,16-17,19H,1-3H3;1H/q+1;/p-1. The van der Waals surface area contributed by atoms with E-state index in [1.54, 1.807) is 0 Å². The Morgan fingerprint density at radius 3 is 1.55 bits per heavy atom. The fourth-order valence-electron chi connectivity index (χ4n) is 2.54. The SMILES string of the molecule is C[N+](C)(C)C(c1ccccc1)C(O)c1ccccc1.[I-]. The van der Waals surface area contributed by atoms with E-state index in [-0.39, 0.29) is 30.0 Å². The molecule has 0 spiro atoms. The number of hydrogen-bond acceptors (Lipinski definition) is 1. The highest BCUT2D eigenvalue weighted by molar-refractivity contribution is 5.24. The molecule has 3 heteroatoms. The number of aliphatic hydroxyl groups is 1. The summed E-state index contributed by atoms with van der Waals surface area (Å²) in [5, 5.41) is 10.8. The van der Waals surface area contributed by atoms with Gasteiger partial charge in [0.2, 0.25) is 0 Å². The van der Waals surface area contributed by atoms with Crippen LogP contribution in [0.2, 0.25) is 0 Å². The molecule has 2 nitrogen and oxygen atoms in total. The van der Waals surface area contributed by atoms with Gasteiger partial charge in [0, 0.05) is 5.56 Å². The monoisotopic (exact) mass is 383 g/mol. The van der Waals surface area contributed by atoms with Crippen LogP contribution in [0.5, 0.6) is 0 Å². The minimum absolute atomic E-state index is 0. The lowest BCUT2D eigenvalue weighted by Crippen LogP contribution is -3.00. The fraction of sp³-hybridized carbons (Fsp3) is 0.294. The molecule has 0 aliphatic rings. The molecule has 2 unspecified atom stereocenters. The van der Waals surface area contributed by atoms with Crippen LogP contribution < -0.4 is 24.0 Å². The third-order valence-corrected chi connectivity index (χ3v) is 3.42. The highest BCUT2D eigenvalue weighted by Crippen LogP contribution is 2.35. The van der Waals surface area contributed by atoms with E-state index in [9.17, 15) is 5.11 Å². The molecular formula is C17H22INO. The van der Waals surface area contributed by atoms with Gasteiger partial charge in [-0.1, -0.05) is 60.7 Å². The number of nitrogens with zero attached hydrogens (tertiary/aromatic N) is 1. The van der Waals surface area contributed by atoms with E-state index in [1.807, 2.05) is 48.5 Å². The zero-order chi connectivity index (χ0) is 13.9. The average Bonchev–Trinajstić information content (AvgIpc) is 2.39. The zero-order valence-corrected chi connectivity index (χ0v) is 14.4. The first-order chi connectivity index (χ1) is 9.00. The van der Waals surface area contributed by atoms with E-state index >= 15 is 0 Å². The lowest BCUT2D eigenvalue weighted by molar-refractivity contribution is -0.907. The maximum atomic E-state index is 10.8. The molecule has 20 heavy (non-hydrogen) atoms. The van der Waals surface area contributed by atoms with Crippen molar-refractivity contribution in [2.24, 2.45) is 0 Å². The Bertz CT molecular complexity index is 508. The summed E-state index contributed by atoms with van der Waals surface area (Å²) in [5.41, 5.74) is 2.12. The first-order valence-corrected chi connectivity index (χ1v) is 6.59. The van der Waals surface area contributed by atoms with Crippen molar-refractivity contribution in [2.45, 2.75) is 12.1 Å². The van der Waals surface area contributed by atoms with Gasteiger partial charge in [0.1, 0.15) is 12.1 Å². The Kier molecular flexibility index (Phi) is 6.17. The van der Waals surface area contributed by atoms with Crippen molar-refractivity contribution in [1.82, 2.24) is 0 Å². The van der Waals surface area contributed by atoms with Crippen LogP contribution in [0, 0.1) is 0 Å². The van der Waals surface area contributed by atoms with Gasteiger partial charge >= 0.3 is 0 Å². The first-order valence-electron chi connectivity index (χ1n) is 6.59. The highest BCUT2D eigenvalue weighted by atomic mass is 127. The maximum absolute atomic E-state index is 10.8. The molecule has 0 fully saturated rings. The van der Waals surface area contributed by atoms with Crippen molar-refractivity contribution in [3.05, 3.63) is 71.8 Å². The highest BCUT2D eigenvalue weighted by Gasteiger charge is 2.33. The normalized spacial score (nSPS) is 14.2. The molecule has 0 bridgehead atoms. The summed E-state index contributed by atoms with van der Waals surface area (Å²) < 4.78 is 0.681. The number of likely N-dealkylation sites (N-methyl/N-ethyl adjacent to an activating group) is 1. The van der Waals surface area contributed by atoms with Crippen molar-refractivity contribution in [1.29, 1.82) is 0 Å². The Morgan fingerprint density at radius 2 is 1.15 bits per heavy atom. The van der Waals surface area contributed by atoms with Gasteiger partial charge in [-0.3, -0.25) is 0 Å². The van der Waals surface area contributed by atoms with E-state index in [0.29, 0.717) is 4.48 Å². The summed E-state index contributed by atoms with van der Waals surface area (Å²) in [6.07, 6.45) is -0.511. The molecule has 0 aliphatic carbocycles. The number of rotatable bonds is 4. The molecule has 0 aromatic heterocycles. The Hall–Kier alpha value is -0.910. The van der Waals surface area contributed by atoms with Gasteiger partial charge in [-0.2, -0.15) is 0 Å². The molecule has 2 aromatic rings. The predicted molar refractivity (Wildman–Crippen MR) is 78.6 cm³/mol. The third-order valence-electron chi connectivity index (χ3n) is 3.42. The summed E-state index contributed by atoms with van der Waals surface area (Å²) in [6.45, 7) is 0. The summed E-state index contributed by atoms with van der Waals surface area (Å²) in [6, 6.07) is 20.1. The fourth-order valence-corrected chi connectivity index (χ4v) is 2.54. The molecule has 0 heterocycles. The first kappa shape index (κ1) is 17.1. The molecule has 0 saturated carbocycles. The predicted octanol–water partition coefficient (Wildman–Crippen LogP) is 0.171. The van der Waals surface area contributed by atoms with Gasteiger partial charge in [0.05, 0.1) is 21.1 Å². The van der Waals surface area contributed by atoms with Crippen LogP contribution >= 0.6 is 0 Å². The van der Waals surface area contributed by atoms with Gasteiger partial charge in [-0.25, -0.2) is 0 Å². The van der Waals surface area contributed by atoms with Gasteiger partial charge in [0.15, 0.2) is 0 Å². The van der Waals surface area contributed by atoms with E-state index < -0.39 is 6.10 Å². The van der Waals surface area contributed by atoms with Crippen LogP contribution in [0.3, 0.4) is 0 Å². The topological polar surface area (TPSA) is 20.2 Å². The lowest BCUT2D eigenvalue weighted by Gasteiger charge is -2.37. The van der Waals surface area contributed by atoms with Crippen molar-refractivity contribution < 1.29 is 33.6 Å². The zero-order valence-electron chi connectivity index (χ0n) is 12.2. The molecule has 0 saturated heterocycles. The molecule has 0 radical (unpaired) electrons. The van der Waals surface area contributed by atoms with Crippen LogP contribution in [0.25, 0.3) is 0 Å². The van der Waals surface area contributed by atoms with E-state index in [2.05, 4.69) is 33.3 Å². The molecule has 2 aromatic carbocycles. The Labute approximate surface area is 138 Å². The Balaban J connectivity index is 0.00000200. The van der Waals surface area contributed by atoms with Gasteiger partial charge < -0.3 is 33.6 Å². The summed E-state index contributed by atoms with van der Waals surface area (Å²) in [7, 11) is 6.34. The largest absolute Gasteiger partial charge is 1.00 e. The summed E-state index contributed by atoms with van der Waals surface area (Å²) >= 11 is 0. The quantitative estimate of drug-likeness (QED) is 0.590. The average molecular weight is 383 g/mol. The second-order valence-electron chi connectivity index (χ2n) is 5.83. The molecule has 0 aliphatic heterocycles. The van der Waals surface area contributed by atoms with Crippen LogP contribution in [0.1, 0.15) is 23.3 Å². The van der Waals surface area contributed by atoms with Crippen LogP contribution in [0.4, 0.5) is 0 Å². The van der Waals surface area contributed by atoms with Crippen LogP contribution in [-0.4, -0.2) is 30.7 Å². The number of hydrogen-bond donors (Lipinski definition) is 1. The second-order valence-corrected chi connectivity index (χ2v) is 5.83. The number of halogens is 1. The Morgan fingerprint density at radius 1 is 0.750 bits per heavy atom. The van der Waals surface area contributed by atoms with E-state index in [1.165, 1.54) is 0 Å². The van der Waals surface area contributed by atoms with Crippen molar-refractivity contribution >= 4 is 0 Å². The molecule has 1 N–H and O–H groups in total. The van der Waals surface area contributed by atoms with Crippen molar-refractivity contribution in [3.63, 3.8) is 0 Å². The lowest BCUT2D eigenvalue weighted by atomic mass is 9.93. The summed E-state index contributed by atoms with van der Waals surface area (Å²) in [5.74, 6) is 0. The minimum atomic E-state index is -0.511. The molecule has 2 rings (SSSR count). The van der Waals surface area contributed by atoms with E-state index in [0.717, 1.165) is 11.1 Å². The maximum Gasteiger partial charge on any atom is 0.145 e. The second kappa shape index (κ2) is 7.20. The van der Waals surface area contributed by atoms with Gasteiger partial charge in [-0.15, -0.1) is 0 Å². The number of benzene rings is 2.